The monoisotopic (exact) mass is 248 g/mol. The number of hydrogen-bond donors (Lipinski definition) is 0. The lowest BCUT2D eigenvalue weighted by Crippen LogP contribution is -2.36. The van der Waals surface area contributed by atoms with Crippen molar-refractivity contribution in [3.8, 4) is 0 Å². The maximum atomic E-state index is 11.9. The molecule has 1 rings (SSSR count). The number of carbonyl (C=O) groups excluding carboxylic acids is 1. The minimum absolute atomic E-state index is 0.196. The number of amides is 1. The Morgan fingerprint density at radius 1 is 1.17 bits per heavy atom. The normalized spacial score (nSPS) is 10.7. The molecule has 0 fully saturated rings. The van der Waals surface area contributed by atoms with Crippen molar-refractivity contribution in [2.75, 3.05) is 27.2 Å². The van der Waals surface area contributed by atoms with E-state index in [1.54, 1.807) is 0 Å². The van der Waals surface area contributed by atoms with Crippen LogP contribution in [0, 0.1) is 0 Å². The minimum atomic E-state index is 0.196. The molecule has 18 heavy (non-hydrogen) atoms. The van der Waals surface area contributed by atoms with Gasteiger partial charge in [-0.1, -0.05) is 43.7 Å². The molecule has 1 amide bonds. The molecule has 100 valence electrons. The van der Waals surface area contributed by atoms with Gasteiger partial charge in [0.25, 0.3) is 0 Å². The fourth-order valence-corrected chi connectivity index (χ4v) is 1.82. The molecule has 0 unspecified atom stereocenters. The number of benzene rings is 1. The molecular formula is C15H24N2O. The van der Waals surface area contributed by atoms with Gasteiger partial charge in [0.15, 0.2) is 0 Å². The molecule has 0 bridgehead atoms. The van der Waals surface area contributed by atoms with E-state index in [-0.39, 0.29) is 5.91 Å². The van der Waals surface area contributed by atoms with Crippen LogP contribution in [-0.2, 0) is 11.3 Å². The molecule has 0 radical (unpaired) electrons. The number of rotatable bonds is 7. The van der Waals surface area contributed by atoms with Crippen molar-refractivity contribution < 1.29 is 4.79 Å². The van der Waals surface area contributed by atoms with Gasteiger partial charge in [0.05, 0.1) is 6.54 Å². The number of nitrogens with zero attached hydrogens (tertiary/aromatic N) is 2. The maximum absolute atomic E-state index is 11.9. The molecule has 0 aliphatic carbocycles. The Kier molecular flexibility index (Phi) is 6.44. The Balaban J connectivity index is 2.35. The zero-order valence-electron chi connectivity index (χ0n) is 11.7. The first kappa shape index (κ1) is 14.7. The topological polar surface area (TPSA) is 23.6 Å². The number of likely N-dealkylation sites (N-methyl/N-ethyl adjacent to an activating group) is 2. The Hall–Kier alpha value is -1.35. The van der Waals surface area contributed by atoms with Gasteiger partial charge >= 0.3 is 0 Å². The predicted octanol–water partition coefficient (Wildman–Crippen LogP) is 2.38. The highest BCUT2D eigenvalue weighted by Gasteiger charge is 2.11. The van der Waals surface area contributed by atoms with E-state index in [1.807, 2.05) is 37.2 Å². The summed E-state index contributed by atoms with van der Waals surface area (Å²) in [4.78, 5) is 15.8. The lowest BCUT2D eigenvalue weighted by Gasteiger charge is -2.21. The fourth-order valence-electron chi connectivity index (χ4n) is 1.82. The van der Waals surface area contributed by atoms with Crippen LogP contribution < -0.4 is 0 Å². The van der Waals surface area contributed by atoms with Crippen LogP contribution in [0.25, 0.3) is 0 Å². The van der Waals surface area contributed by atoms with Crippen LogP contribution in [0.3, 0.4) is 0 Å². The van der Waals surface area contributed by atoms with Crippen LogP contribution in [-0.4, -0.2) is 42.9 Å². The SMILES string of the molecule is CCCCN(C)C(=O)CN(C)Cc1ccccc1. The van der Waals surface area contributed by atoms with Gasteiger partial charge in [-0.2, -0.15) is 0 Å². The third-order valence-corrected chi connectivity index (χ3v) is 2.97. The van der Waals surface area contributed by atoms with Crippen molar-refractivity contribution >= 4 is 5.91 Å². The van der Waals surface area contributed by atoms with Gasteiger partial charge in [-0.15, -0.1) is 0 Å². The Bertz CT molecular complexity index is 351. The molecule has 0 N–H and O–H groups in total. The van der Waals surface area contributed by atoms with Crippen molar-refractivity contribution in [2.24, 2.45) is 0 Å². The van der Waals surface area contributed by atoms with Crippen LogP contribution in [0.15, 0.2) is 30.3 Å². The molecule has 0 aliphatic heterocycles. The molecule has 0 aliphatic rings. The first-order valence-electron chi connectivity index (χ1n) is 6.60. The van der Waals surface area contributed by atoms with Gasteiger partial charge in [0, 0.05) is 20.1 Å². The molecular weight excluding hydrogens is 224 g/mol. The molecule has 0 saturated carbocycles. The van der Waals surface area contributed by atoms with Crippen molar-refractivity contribution in [3.63, 3.8) is 0 Å². The fraction of sp³-hybridized carbons (Fsp3) is 0.533. The van der Waals surface area contributed by atoms with Crippen LogP contribution in [0.1, 0.15) is 25.3 Å². The third-order valence-electron chi connectivity index (χ3n) is 2.97. The van der Waals surface area contributed by atoms with E-state index in [0.717, 1.165) is 25.9 Å². The zero-order valence-corrected chi connectivity index (χ0v) is 11.7. The standard InChI is InChI=1S/C15H24N2O/c1-4-5-11-17(3)15(18)13-16(2)12-14-9-7-6-8-10-14/h6-10H,4-5,11-13H2,1-3H3. The van der Waals surface area contributed by atoms with E-state index in [4.69, 9.17) is 0 Å². The highest BCUT2D eigenvalue weighted by Crippen LogP contribution is 2.03. The maximum Gasteiger partial charge on any atom is 0.236 e. The second kappa shape index (κ2) is 7.88. The molecule has 0 spiro atoms. The van der Waals surface area contributed by atoms with Gasteiger partial charge in [-0.25, -0.2) is 0 Å². The first-order chi connectivity index (χ1) is 8.63. The summed E-state index contributed by atoms with van der Waals surface area (Å²) >= 11 is 0. The van der Waals surface area contributed by atoms with Crippen molar-refractivity contribution in [2.45, 2.75) is 26.3 Å². The molecule has 0 saturated heterocycles. The number of hydrogen-bond acceptors (Lipinski definition) is 2. The zero-order chi connectivity index (χ0) is 13.4. The summed E-state index contributed by atoms with van der Waals surface area (Å²) in [5, 5.41) is 0. The van der Waals surface area contributed by atoms with Crippen molar-refractivity contribution in [1.29, 1.82) is 0 Å². The van der Waals surface area contributed by atoms with E-state index in [9.17, 15) is 4.79 Å². The van der Waals surface area contributed by atoms with Crippen LogP contribution >= 0.6 is 0 Å². The number of carbonyl (C=O) groups is 1. The van der Waals surface area contributed by atoms with Crippen LogP contribution in [0.2, 0.25) is 0 Å². The Morgan fingerprint density at radius 2 is 1.83 bits per heavy atom. The average molecular weight is 248 g/mol. The van der Waals surface area contributed by atoms with E-state index in [2.05, 4.69) is 24.0 Å². The lowest BCUT2D eigenvalue weighted by molar-refractivity contribution is -0.130. The molecule has 1 aromatic carbocycles. The predicted molar refractivity (Wildman–Crippen MR) is 75.3 cm³/mol. The largest absolute Gasteiger partial charge is 0.345 e. The van der Waals surface area contributed by atoms with Crippen molar-refractivity contribution in [3.05, 3.63) is 35.9 Å². The molecule has 3 heteroatoms. The summed E-state index contributed by atoms with van der Waals surface area (Å²) in [6.45, 7) is 4.29. The first-order valence-corrected chi connectivity index (χ1v) is 6.60. The lowest BCUT2D eigenvalue weighted by atomic mass is 10.2. The molecule has 3 nitrogen and oxygen atoms in total. The summed E-state index contributed by atoms with van der Waals surface area (Å²) in [5.41, 5.74) is 1.24. The van der Waals surface area contributed by atoms with E-state index >= 15 is 0 Å². The summed E-state index contributed by atoms with van der Waals surface area (Å²) in [6.07, 6.45) is 2.20. The quantitative estimate of drug-likeness (QED) is 0.739. The van der Waals surface area contributed by atoms with E-state index < -0.39 is 0 Å². The Morgan fingerprint density at radius 3 is 2.44 bits per heavy atom. The number of unbranched alkanes of at least 4 members (excludes halogenated alkanes) is 1. The molecule has 0 aromatic heterocycles. The third kappa shape index (κ3) is 5.32. The highest BCUT2D eigenvalue weighted by molar-refractivity contribution is 5.77. The summed E-state index contributed by atoms with van der Waals surface area (Å²) in [7, 11) is 3.87. The average Bonchev–Trinajstić information content (AvgIpc) is 2.36. The van der Waals surface area contributed by atoms with Crippen LogP contribution in [0.4, 0.5) is 0 Å². The summed E-state index contributed by atoms with van der Waals surface area (Å²) in [5.74, 6) is 0.196. The van der Waals surface area contributed by atoms with Gasteiger partial charge < -0.3 is 4.90 Å². The Labute approximate surface area is 110 Å². The van der Waals surface area contributed by atoms with Crippen LogP contribution in [0.5, 0.6) is 0 Å². The highest BCUT2D eigenvalue weighted by atomic mass is 16.2. The smallest absolute Gasteiger partial charge is 0.236 e. The summed E-state index contributed by atoms with van der Waals surface area (Å²) in [6, 6.07) is 10.2. The van der Waals surface area contributed by atoms with Gasteiger partial charge in [0.2, 0.25) is 5.91 Å². The second-order valence-electron chi connectivity index (χ2n) is 4.83. The molecule has 1 aromatic rings. The summed E-state index contributed by atoms with van der Waals surface area (Å²) < 4.78 is 0. The van der Waals surface area contributed by atoms with Gasteiger partial charge in [-0.3, -0.25) is 9.69 Å². The molecule has 0 atom stereocenters. The molecule has 0 heterocycles. The van der Waals surface area contributed by atoms with Crippen molar-refractivity contribution in [1.82, 2.24) is 9.80 Å². The van der Waals surface area contributed by atoms with E-state index in [1.165, 1.54) is 5.56 Å². The van der Waals surface area contributed by atoms with E-state index in [0.29, 0.717) is 6.54 Å². The van der Waals surface area contributed by atoms with Gasteiger partial charge in [0.1, 0.15) is 0 Å². The minimum Gasteiger partial charge on any atom is -0.345 e. The van der Waals surface area contributed by atoms with Gasteiger partial charge in [-0.05, 0) is 19.0 Å². The second-order valence-corrected chi connectivity index (χ2v) is 4.83.